The second kappa shape index (κ2) is 8.09. The average Bonchev–Trinajstić information content (AvgIpc) is 2.69. The maximum atomic E-state index is 12.0. The number of halogens is 1. The van der Waals surface area contributed by atoms with Crippen molar-refractivity contribution in [2.45, 2.75) is 6.92 Å². The van der Waals surface area contributed by atoms with Crippen LogP contribution >= 0.6 is 15.9 Å². The summed E-state index contributed by atoms with van der Waals surface area (Å²) in [5.41, 5.74) is 4.13. The maximum Gasteiger partial charge on any atom is 0.270 e. The van der Waals surface area contributed by atoms with E-state index in [1.807, 2.05) is 36.4 Å². The van der Waals surface area contributed by atoms with Gasteiger partial charge in [0.05, 0.1) is 27.3 Å². The van der Waals surface area contributed by atoms with Gasteiger partial charge in [-0.25, -0.2) is 0 Å². The highest BCUT2D eigenvalue weighted by Crippen LogP contribution is 2.35. The third-order valence-corrected chi connectivity index (χ3v) is 4.53. The van der Waals surface area contributed by atoms with Crippen molar-refractivity contribution in [3.05, 3.63) is 76.5 Å². The van der Waals surface area contributed by atoms with Gasteiger partial charge in [0.2, 0.25) is 5.91 Å². The topological polar surface area (TPSA) is 85.1 Å². The van der Waals surface area contributed by atoms with Crippen LogP contribution in [0.4, 0.5) is 11.4 Å². The molecule has 0 aliphatic heterocycles. The van der Waals surface area contributed by atoms with Crippen LogP contribution in [-0.2, 0) is 4.79 Å². The summed E-state index contributed by atoms with van der Waals surface area (Å²) in [6.07, 6.45) is 0. The van der Waals surface area contributed by atoms with Gasteiger partial charge in [-0.1, -0.05) is 58.4 Å². The van der Waals surface area contributed by atoms with Gasteiger partial charge >= 0.3 is 0 Å². The molecule has 1 aromatic heterocycles. The lowest BCUT2D eigenvalue weighted by atomic mass is 9.99. The minimum absolute atomic E-state index is 0.0130. The molecule has 0 aliphatic rings. The Bertz CT molecular complexity index is 1010. The normalized spacial score (nSPS) is 10.4. The molecule has 7 heteroatoms. The Morgan fingerprint density at radius 3 is 2.48 bits per heavy atom. The largest absolute Gasteiger partial charge is 0.323 e. The lowest BCUT2D eigenvalue weighted by Gasteiger charge is -2.15. The van der Waals surface area contributed by atoms with Gasteiger partial charge in [0, 0.05) is 23.3 Å². The fraction of sp³-hybridized carbons (Fsp3) is 0.100. The van der Waals surface area contributed by atoms with E-state index in [2.05, 4.69) is 26.2 Å². The first-order valence-electron chi connectivity index (χ1n) is 8.17. The molecule has 0 spiro atoms. The van der Waals surface area contributed by atoms with Crippen molar-refractivity contribution in [3.63, 3.8) is 0 Å². The van der Waals surface area contributed by atoms with Crippen LogP contribution < -0.4 is 5.32 Å². The summed E-state index contributed by atoms with van der Waals surface area (Å²) in [6.45, 7) is 1.80. The summed E-state index contributed by atoms with van der Waals surface area (Å²) < 4.78 is 0. The van der Waals surface area contributed by atoms with E-state index in [-0.39, 0.29) is 16.9 Å². The number of nitrogens with zero attached hydrogens (tertiary/aromatic N) is 2. The Labute approximate surface area is 164 Å². The molecule has 27 heavy (non-hydrogen) atoms. The number of carbonyl (C=O) groups excluding carboxylic acids is 1. The summed E-state index contributed by atoms with van der Waals surface area (Å²) in [5, 5.41) is 14.1. The van der Waals surface area contributed by atoms with Crippen LogP contribution in [-0.4, -0.2) is 21.1 Å². The second-order valence-corrected chi connectivity index (χ2v) is 6.43. The molecule has 0 radical (unpaired) electrons. The minimum atomic E-state index is -0.438. The molecule has 0 unspecified atom stereocenters. The zero-order valence-electron chi connectivity index (χ0n) is 14.5. The fourth-order valence-corrected chi connectivity index (χ4v) is 2.91. The zero-order valence-corrected chi connectivity index (χ0v) is 16.1. The average molecular weight is 426 g/mol. The Kier molecular flexibility index (Phi) is 5.61. The van der Waals surface area contributed by atoms with Crippen LogP contribution in [0.5, 0.6) is 0 Å². The predicted octanol–water partition coefficient (Wildman–Crippen LogP) is 4.97. The lowest BCUT2D eigenvalue weighted by Crippen LogP contribution is -2.15. The third kappa shape index (κ3) is 4.20. The number of benzene rings is 2. The Morgan fingerprint density at radius 1 is 1.11 bits per heavy atom. The van der Waals surface area contributed by atoms with Crippen molar-refractivity contribution in [1.82, 2.24) is 4.98 Å². The van der Waals surface area contributed by atoms with E-state index in [0.29, 0.717) is 22.5 Å². The van der Waals surface area contributed by atoms with Crippen LogP contribution in [0.25, 0.3) is 22.4 Å². The fourth-order valence-electron chi connectivity index (χ4n) is 2.77. The Morgan fingerprint density at radius 2 is 1.81 bits per heavy atom. The van der Waals surface area contributed by atoms with Crippen molar-refractivity contribution in [3.8, 4) is 22.4 Å². The van der Waals surface area contributed by atoms with Crippen LogP contribution in [0.3, 0.4) is 0 Å². The molecule has 0 saturated carbocycles. The lowest BCUT2D eigenvalue weighted by molar-refractivity contribution is -0.384. The number of carbonyl (C=O) groups is 1. The van der Waals surface area contributed by atoms with Crippen molar-refractivity contribution in [2.75, 3.05) is 10.6 Å². The number of nitro groups is 1. The molecule has 136 valence electrons. The number of pyridine rings is 1. The van der Waals surface area contributed by atoms with Gasteiger partial charge in [-0.15, -0.1) is 0 Å². The quantitative estimate of drug-likeness (QED) is 0.355. The zero-order chi connectivity index (χ0) is 19.4. The number of alkyl halides is 1. The summed E-state index contributed by atoms with van der Waals surface area (Å²) in [4.78, 5) is 27.3. The molecule has 0 aliphatic carbocycles. The van der Waals surface area contributed by atoms with Crippen molar-refractivity contribution >= 4 is 33.2 Å². The number of rotatable bonds is 5. The predicted molar refractivity (Wildman–Crippen MR) is 109 cm³/mol. The number of aromatic nitrogens is 1. The highest BCUT2D eigenvalue weighted by Gasteiger charge is 2.17. The van der Waals surface area contributed by atoms with Gasteiger partial charge in [0.25, 0.3) is 5.69 Å². The number of amides is 1. The SMILES string of the molecule is Cc1nc(-c2ccccc2)cc(-c2cccc([N+](=O)[O-])c2)c1NC(=O)CBr. The highest BCUT2D eigenvalue weighted by molar-refractivity contribution is 9.09. The van der Waals surface area contributed by atoms with Gasteiger partial charge in [-0.2, -0.15) is 0 Å². The molecule has 2 aromatic carbocycles. The molecular formula is C20H16BrN3O3. The monoisotopic (exact) mass is 425 g/mol. The highest BCUT2D eigenvalue weighted by atomic mass is 79.9. The molecule has 0 bridgehead atoms. The number of nitro benzene ring substituents is 1. The maximum absolute atomic E-state index is 12.0. The molecule has 0 atom stereocenters. The van der Waals surface area contributed by atoms with Crippen molar-refractivity contribution in [2.24, 2.45) is 0 Å². The molecule has 1 amide bonds. The van der Waals surface area contributed by atoms with Gasteiger partial charge < -0.3 is 5.32 Å². The van der Waals surface area contributed by atoms with Gasteiger partial charge in [0.1, 0.15) is 0 Å². The van der Waals surface area contributed by atoms with Gasteiger partial charge in [0.15, 0.2) is 0 Å². The molecular weight excluding hydrogens is 410 g/mol. The smallest absolute Gasteiger partial charge is 0.270 e. The number of hydrogen-bond donors (Lipinski definition) is 1. The first-order chi connectivity index (χ1) is 13.0. The van der Waals surface area contributed by atoms with E-state index in [4.69, 9.17) is 0 Å². The summed E-state index contributed by atoms with van der Waals surface area (Å²) in [5.74, 6) is -0.223. The number of non-ortho nitro benzene ring substituents is 1. The van der Waals surface area contributed by atoms with E-state index in [0.717, 1.165) is 11.3 Å². The Hall–Kier alpha value is -3.06. The first-order valence-corrected chi connectivity index (χ1v) is 9.29. The third-order valence-electron chi connectivity index (χ3n) is 4.02. The van der Waals surface area contributed by atoms with Crippen LogP contribution in [0, 0.1) is 17.0 Å². The van der Waals surface area contributed by atoms with E-state index < -0.39 is 4.92 Å². The van der Waals surface area contributed by atoms with E-state index in [1.165, 1.54) is 12.1 Å². The molecule has 0 saturated heterocycles. The number of aryl methyl sites for hydroxylation is 1. The van der Waals surface area contributed by atoms with Gasteiger partial charge in [-0.3, -0.25) is 19.9 Å². The first kappa shape index (κ1) is 18.7. The Balaban J connectivity index is 2.21. The van der Waals surface area contributed by atoms with Gasteiger partial charge in [-0.05, 0) is 18.6 Å². The van der Waals surface area contributed by atoms with Crippen LogP contribution in [0.1, 0.15) is 5.69 Å². The minimum Gasteiger partial charge on any atom is -0.323 e. The van der Waals surface area contributed by atoms with Crippen molar-refractivity contribution < 1.29 is 9.72 Å². The second-order valence-electron chi connectivity index (χ2n) is 5.87. The standard InChI is InChI=1S/C20H16BrN3O3/c1-13-20(23-19(25)12-21)17(15-8-5-9-16(10-15)24(26)27)11-18(22-13)14-6-3-2-4-7-14/h2-11H,12H2,1H3,(H,23,25). The molecule has 1 heterocycles. The molecule has 3 aromatic rings. The molecule has 3 rings (SSSR count). The summed E-state index contributed by atoms with van der Waals surface area (Å²) in [6, 6.07) is 17.8. The number of hydrogen-bond acceptors (Lipinski definition) is 4. The van der Waals surface area contributed by atoms with Crippen LogP contribution in [0.2, 0.25) is 0 Å². The molecule has 0 fully saturated rings. The van der Waals surface area contributed by atoms with Crippen molar-refractivity contribution in [1.29, 1.82) is 0 Å². The van der Waals surface area contributed by atoms with E-state index in [1.54, 1.807) is 19.1 Å². The molecule has 1 N–H and O–H groups in total. The van der Waals surface area contributed by atoms with E-state index >= 15 is 0 Å². The number of nitrogens with one attached hydrogen (secondary N) is 1. The summed E-state index contributed by atoms with van der Waals surface area (Å²) in [7, 11) is 0. The van der Waals surface area contributed by atoms with E-state index in [9.17, 15) is 14.9 Å². The molecule has 6 nitrogen and oxygen atoms in total. The number of anilines is 1. The summed E-state index contributed by atoms with van der Waals surface area (Å²) >= 11 is 3.14. The van der Waals surface area contributed by atoms with Crippen LogP contribution in [0.15, 0.2) is 60.7 Å².